The van der Waals surface area contributed by atoms with Crippen LogP contribution in [-0.2, 0) is 0 Å². The molecular formula is C18H19Cl2N3. The number of nitrogens with zero attached hydrogens (tertiary/aromatic N) is 2. The van der Waals surface area contributed by atoms with E-state index in [1.165, 1.54) is 18.4 Å². The lowest BCUT2D eigenvalue weighted by atomic mass is 10.2. The Morgan fingerprint density at radius 1 is 1.04 bits per heavy atom. The highest BCUT2D eigenvalue weighted by atomic mass is 35.5. The number of benzene rings is 2. The quantitative estimate of drug-likeness (QED) is 0.573. The first-order chi connectivity index (χ1) is 11.1. The number of likely N-dealkylation sites (tertiary alicyclic amines) is 1. The summed E-state index contributed by atoms with van der Waals surface area (Å²) < 4.78 is 0. The summed E-state index contributed by atoms with van der Waals surface area (Å²) in [5, 5.41) is 4.59. The molecule has 0 unspecified atom stereocenters. The fourth-order valence-corrected chi connectivity index (χ4v) is 3.01. The van der Waals surface area contributed by atoms with E-state index in [0.717, 1.165) is 30.4 Å². The van der Waals surface area contributed by atoms with E-state index < -0.39 is 0 Å². The highest BCUT2D eigenvalue weighted by molar-refractivity contribution is 6.36. The van der Waals surface area contributed by atoms with Crippen molar-refractivity contribution < 1.29 is 0 Å². The van der Waals surface area contributed by atoms with Gasteiger partial charge in [0.2, 0.25) is 5.96 Å². The van der Waals surface area contributed by atoms with Gasteiger partial charge in [0.25, 0.3) is 0 Å². The number of halogens is 2. The van der Waals surface area contributed by atoms with Crippen LogP contribution in [0.25, 0.3) is 0 Å². The number of guanidine groups is 1. The molecule has 0 atom stereocenters. The van der Waals surface area contributed by atoms with Crippen LogP contribution < -0.4 is 5.32 Å². The summed E-state index contributed by atoms with van der Waals surface area (Å²) in [6, 6.07) is 13.7. The average Bonchev–Trinajstić information content (AvgIpc) is 3.05. The molecule has 1 N–H and O–H groups in total. The molecule has 0 saturated carbocycles. The Hall–Kier alpha value is -1.71. The first kappa shape index (κ1) is 16.2. The van der Waals surface area contributed by atoms with Crippen LogP contribution in [0.1, 0.15) is 18.4 Å². The summed E-state index contributed by atoms with van der Waals surface area (Å²) >= 11 is 12.2. The Bertz CT molecular complexity index is 705. The van der Waals surface area contributed by atoms with Gasteiger partial charge in [-0.25, -0.2) is 4.99 Å². The molecule has 1 heterocycles. The van der Waals surface area contributed by atoms with Crippen molar-refractivity contribution in [2.24, 2.45) is 4.99 Å². The smallest absolute Gasteiger partial charge is 0.203 e. The Labute approximate surface area is 146 Å². The first-order valence-electron chi connectivity index (χ1n) is 7.74. The van der Waals surface area contributed by atoms with Crippen molar-refractivity contribution in [2.75, 3.05) is 18.4 Å². The Morgan fingerprint density at radius 3 is 2.39 bits per heavy atom. The lowest BCUT2D eigenvalue weighted by molar-refractivity contribution is 0.518. The van der Waals surface area contributed by atoms with Crippen LogP contribution in [0.5, 0.6) is 0 Å². The predicted octanol–water partition coefficient (Wildman–Crippen LogP) is 5.50. The van der Waals surface area contributed by atoms with Gasteiger partial charge in [0.15, 0.2) is 0 Å². The highest BCUT2D eigenvalue weighted by Crippen LogP contribution is 2.28. The molecule has 3 rings (SSSR count). The van der Waals surface area contributed by atoms with Crippen molar-refractivity contribution in [3.63, 3.8) is 0 Å². The zero-order chi connectivity index (χ0) is 16.2. The van der Waals surface area contributed by atoms with E-state index >= 15 is 0 Å². The minimum atomic E-state index is 0.555. The van der Waals surface area contributed by atoms with Crippen molar-refractivity contribution in [1.29, 1.82) is 0 Å². The van der Waals surface area contributed by atoms with Gasteiger partial charge in [0.05, 0.1) is 10.7 Å². The molecule has 2 aromatic rings. The van der Waals surface area contributed by atoms with E-state index in [2.05, 4.69) is 41.4 Å². The summed E-state index contributed by atoms with van der Waals surface area (Å²) in [5.74, 6) is 0.829. The van der Waals surface area contributed by atoms with Gasteiger partial charge in [0, 0.05) is 23.8 Å². The molecule has 23 heavy (non-hydrogen) atoms. The number of hydrogen-bond donors (Lipinski definition) is 1. The zero-order valence-electron chi connectivity index (χ0n) is 13.0. The van der Waals surface area contributed by atoms with Crippen LogP contribution in [0.3, 0.4) is 0 Å². The molecule has 1 aliphatic heterocycles. The van der Waals surface area contributed by atoms with Crippen LogP contribution >= 0.6 is 23.2 Å². The molecule has 1 fully saturated rings. The van der Waals surface area contributed by atoms with E-state index in [0.29, 0.717) is 10.0 Å². The van der Waals surface area contributed by atoms with Gasteiger partial charge < -0.3 is 10.2 Å². The Balaban J connectivity index is 1.91. The standard InChI is InChI=1S/C18H19Cl2N3/c1-13-4-7-15(8-5-13)21-18(23-10-2-3-11-23)22-17-9-6-14(19)12-16(17)20/h4-9,12H,2-3,10-11H2,1H3,(H,21,22). The first-order valence-corrected chi connectivity index (χ1v) is 8.50. The molecule has 0 amide bonds. The predicted molar refractivity (Wildman–Crippen MR) is 99.2 cm³/mol. The van der Waals surface area contributed by atoms with Gasteiger partial charge in [-0.15, -0.1) is 0 Å². The molecule has 3 nitrogen and oxygen atoms in total. The normalized spacial score (nSPS) is 15.1. The van der Waals surface area contributed by atoms with E-state index in [9.17, 15) is 0 Å². The summed E-state index contributed by atoms with van der Waals surface area (Å²) in [6.07, 6.45) is 2.37. The maximum atomic E-state index is 6.27. The van der Waals surface area contributed by atoms with Crippen LogP contribution in [0.15, 0.2) is 47.5 Å². The lowest BCUT2D eigenvalue weighted by Crippen LogP contribution is -2.33. The van der Waals surface area contributed by atoms with Gasteiger partial charge in [0.1, 0.15) is 0 Å². The molecule has 0 aliphatic carbocycles. The summed E-state index contributed by atoms with van der Waals surface area (Å²) in [5.41, 5.74) is 2.97. The van der Waals surface area contributed by atoms with Gasteiger partial charge in [-0.2, -0.15) is 0 Å². The topological polar surface area (TPSA) is 27.6 Å². The molecule has 1 saturated heterocycles. The van der Waals surface area contributed by atoms with Crippen LogP contribution in [0.2, 0.25) is 10.0 Å². The maximum Gasteiger partial charge on any atom is 0.203 e. The maximum absolute atomic E-state index is 6.27. The van der Waals surface area contributed by atoms with E-state index in [-0.39, 0.29) is 0 Å². The molecular weight excluding hydrogens is 329 g/mol. The average molecular weight is 348 g/mol. The van der Waals surface area contributed by atoms with Crippen LogP contribution in [0.4, 0.5) is 11.4 Å². The molecule has 5 heteroatoms. The highest BCUT2D eigenvalue weighted by Gasteiger charge is 2.17. The molecule has 0 radical (unpaired) electrons. The lowest BCUT2D eigenvalue weighted by Gasteiger charge is -2.21. The molecule has 120 valence electrons. The minimum absolute atomic E-state index is 0.555. The number of aliphatic imine (C=N–C) groups is 1. The van der Waals surface area contributed by atoms with Crippen LogP contribution in [0, 0.1) is 6.92 Å². The summed E-state index contributed by atoms with van der Waals surface area (Å²) in [4.78, 5) is 6.99. The summed E-state index contributed by atoms with van der Waals surface area (Å²) in [7, 11) is 0. The van der Waals surface area contributed by atoms with Crippen molar-refractivity contribution in [3.8, 4) is 0 Å². The van der Waals surface area contributed by atoms with Crippen molar-refractivity contribution in [2.45, 2.75) is 19.8 Å². The molecule has 0 spiro atoms. The SMILES string of the molecule is Cc1ccc(NC(=Nc2ccc(Cl)cc2Cl)N2CCCC2)cc1. The third-order valence-corrected chi connectivity index (χ3v) is 4.39. The fourth-order valence-electron chi connectivity index (χ4n) is 2.56. The molecule has 2 aromatic carbocycles. The van der Waals surface area contributed by atoms with E-state index in [1.807, 2.05) is 6.07 Å². The third-order valence-electron chi connectivity index (χ3n) is 3.85. The second kappa shape index (κ2) is 7.24. The molecule has 0 aromatic heterocycles. The number of anilines is 1. The van der Waals surface area contributed by atoms with Crippen molar-refractivity contribution in [3.05, 3.63) is 58.1 Å². The van der Waals surface area contributed by atoms with Gasteiger partial charge in [-0.05, 0) is 50.1 Å². The van der Waals surface area contributed by atoms with E-state index in [1.54, 1.807) is 12.1 Å². The van der Waals surface area contributed by atoms with Gasteiger partial charge in [-0.3, -0.25) is 0 Å². The number of rotatable bonds is 2. The van der Waals surface area contributed by atoms with Crippen LogP contribution in [-0.4, -0.2) is 23.9 Å². The van der Waals surface area contributed by atoms with E-state index in [4.69, 9.17) is 28.2 Å². The fraction of sp³-hybridized carbons (Fsp3) is 0.278. The van der Waals surface area contributed by atoms with Crippen molar-refractivity contribution >= 4 is 40.5 Å². The number of nitrogens with one attached hydrogen (secondary N) is 1. The molecule has 0 bridgehead atoms. The second-order valence-electron chi connectivity index (χ2n) is 5.72. The largest absolute Gasteiger partial charge is 0.342 e. The third kappa shape index (κ3) is 4.18. The van der Waals surface area contributed by atoms with Crippen molar-refractivity contribution in [1.82, 2.24) is 4.90 Å². The molecule has 1 aliphatic rings. The number of hydrogen-bond acceptors (Lipinski definition) is 1. The Kier molecular flexibility index (Phi) is 5.09. The van der Waals surface area contributed by atoms with Gasteiger partial charge in [-0.1, -0.05) is 40.9 Å². The minimum Gasteiger partial charge on any atom is -0.342 e. The van der Waals surface area contributed by atoms with Gasteiger partial charge >= 0.3 is 0 Å². The number of aryl methyl sites for hydroxylation is 1. The Morgan fingerprint density at radius 2 is 1.74 bits per heavy atom. The summed E-state index contributed by atoms with van der Waals surface area (Å²) in [6.45, 7) is 4.08. The monoisotopic (exact) mass is 347 g/mol. The second-order valence-corrected chi connectivity index (χ2v) is 6.56. The zero-order valence-corrected chi connectivity index (χ0v) is 14.5.